The maximum atomic E-state index is 11.5. The Morgan fingerprint density at radius 1 is 1.35 bits per heavy atom. The van der Waals surface area contributed by atoms with E-state index in [4.69, 9.17) is 0 Å². The summed E-state index contributed by atoms with van der Waals surface area (Å²) in [5.74, 6) is 0. The second kappa shape index (κ2) is 3.78. The fourth-order valence-corrected chi connectivity index (χ4v) is 2.57. The number of rotatable bonds is 1. The van der Waals surface area contributed by atoms with Crippen LogP contribution in [0.5, 0.6) is 0 Å². The smallest absolute Gasteiger partial charge is 0.278 e. The third kappa shape index (κ3) is 1.74. The summed E-state index contributed by atoms with van der Waals surface area (Å²) in [7, 11) is 0. The van der Waals surface area contributed by atoms with E-state index in [1.165, 1.54) is 23.2 Å². The molecule has 17 heavy (non-hydrogen) atoms. The molecule has 0 unspecified atom stereocenters. The van der Waals surface area contributed by atoms with Gasteiger partial charge in [-0.15, -0.1) is 0 Å². The maximum absolute atomic E-state index is 11.5. The van der Waals surface area contributed by atoms with Gasteiger partial charge in [-0.25, -0.2) is 9.97 Å². The van der Waals surface area contributed by atoms with Gasteiger partial charge < -0.3 is 4.98 Å². The number of hydrogen-bond acceptors (Lipinski definition) is 4. The number of benzene rings is 1. The Morgan fingerprint density at radius 2 is 2.24 bits per heavy atom. The largest absolute Gasteiger partial charge is 0.311 e. The average molecular weight is 243 g/mol. The topological polar surface area (TPSA) is 58.6 Å². The number of fused-ring (bicyclic) bond motifs is 1. The molecule has 3 rings (SSSR count). The second-order valence-electron chi connectivity index (χ2n) is 3.77. The van der Waals surface area contributed by atoms with Gasteiger partial charge in [0.1, 0.15) is 5.01 Å². The van der Waals surface area contributed by atoms with Gasteiger partial charge in [-0.3, -0.25) is 4.79 Å². The number of aryl methyl sites for hydroxylation is 1. The molecular formula is C12H9N3OS. The number of nitrogens with zero attached hydrogens (tertiary/aromatic N) is 2. The molecule has 0 aliphatic heterocycles. The lowest BCUT2D eigenvalue weighted by Crippen LogP contribution is -2.05. The Balaban J connectivity index is 2.25. The van der Waals surface area contributed by atoms with Crippen LogP contribution in [0.4, 0.5) is 0 Å². The average Bonchev–Trinajstić information content (AvgIpc) is 2.74. The summed E-state index contributed by atoms with van der Waals surface area (Å²) in [6, 6.07) is 8.04. The third-order valence-electron chi connectivity index (χ3n) is 2.47. The zero-order valence-electron chi connectivity index (χ0n) is 9.10. The van der Waals surface area contributed by atoms with Crippen molar-refractivity contribution in [3.8, 4) is 10.6 Å². The van der Waals surface area contributed by atoms with Crippen LogP contribution in [0.15, 0.2) is 35.4 Å². The molecule has 4 nitrogen and oxygen atoms in total. The van der Waals surface area contributed by atoms with Crippen LogP contribution in [0.2, 0.25) is 0 Å². The van der Waals surface area contributed by atoms with E-state index in [9.17, 15) is 4.79 Å². The Bertz CT molecular complexity index is 745. The van der Waals surface area contributed by atoms with E-state index in [0.717, 1.165) is 10.6 Å². The van der Waals surface area contributed by atoms with E-state index in [-0.39, 0.29) is 5.56 Å². The highest BCUT2D eigenvalue weighted by Gasteiger charge is 2.09. The summed E-state index contributed by atoms with van der Waals surface area (Å²) < 4.78 is 0. The predicted octanol–water partition coefficient (Wildman–Crippen LogP) is 2.36. The van der Waals surface area contributed by atoms with Crippen LogP contribution in [0.3, 0.4) is 0 Å². The van der Waals surface area contributed by atoms with Crippen LogP contribution < -0.4 is 5.56 Å². The van der Waals surface area contributed by atoms with Gasteiger partial charge in [0.25, 0.3) is 5.56 Å². The second-order valence-corrected chi connectivity index (χ2v) is 4.75. The Labute approximate surface area is 101 Å². The lowest BCUT2D eigenvalue weighted by atomic mass is 10.1. The highest BCUT2D eigenvalue weighted by Crippen LogP contribution is 2.27. The van der Waals surface area contributed by atoms with E-state index in [2.05, 4.69) is 15.0 Å². The first-order valence-corrected chi connectivity index (χ1v) is 5.97. The van der Waals surface area contributed by atoms with Crippen molar-refractivity contribution < 1.29 is 0 Å². The van der Waals surface area contributed by atoms with Gasteiger partial charge in [0.05, 0.1) is 6.33 Å². The van der Waals surface area contributed by atoms with E-state index < -0.39 is 0 Å². The van der Waals surface area contributed by atoms with Crippen LogP contribution in [0, 0.1) is 6.92 Å². The summed E-state index contributed by atoms with van der Waals surface area (Å²) in [4.78, 5) is 23.2. The van der Waals surface area contributed by atoms with E-state index in [0.29, 0.717) is 10.3 Å². The zero-order valence-corrected chi connectivity index (χ0v) is 9.91. The van der Waals surface area contributed by atoms with Gasteiger partial charge in [-0.1, -0.05) is 35.1 Å². The molecule has 2 heterocycles. The standard InChI is InChI=1S/C12H9N3OS/c1-7-3-2-4-8(5-7)11-15-9-10(16)13-6-14-12(9)17-11/h2-6H,1H3,(H,13,14,16). The lowest BCUT2D eigenvalue weighted by Gasteiger charge is -1.96. The van der Waals surface area contributed by atoms with Gasteiger partial charge in [0.2, 0.25) is 0 Å². The molecule has 3 aromatic rings. The maximum Gasteiger partial charge on any atom is 0.278 e. The predicted molar refractivity (Wildman–Crippen MR) is 68.2 cm³/mol. The number of thiazole rings is 1. The number of hydrogen-bond donors (Lipinski definition) is 1. The highest BCUT2D eigenvalue weighted by molar-refractivity contribution is 7.21. The molecule has 1 aromatic carbocycles. The third-order valence-corrected chi connectivity index (χ3v) is 3.48. The monoisotopic (exact) mass is 243 g/mol. The summed E-state index contributed by atoms with van der Waals surface area (Å²) in [5, 5.41) is 0.827. The van der Waals surface area contributed by atoms with Crippen molar-refractivity contribution in [2.24, 2.45) is 0 Å². The molecule has 0 saturated heterocycles. The molecule has 0 amide bonds. The first-order chi connectivity index (χ1) is 8.24. The Morgan fingerprint density at radius 3 is 3.00 bits per heavy atom. The quantitative estimate of drug-likeness (QED) is 0.713. The molecule has 0 atom stereocenters. The zero-order chi connectivity index (χ0) is 11.8. The van der Waals surface area contributed by atoms with Crippen molar-refractivity contribution in [3.63, 3.8) is 0 Å². The van der Waals surface area contributed by atoms with Crippen LogP contribution in [0.1, 0.15) is 5.56 Å². The van der Waals surface area contributed by atoms with Crippen LogP contribution in [0.25, 0.3) is 20.9 Å². The first kappa shape index (κ1) is 10.2. The molecule has 0 saturated carbocycles. The molecule has 0 spiro atoms. The molecular weight excluding hydrogens is 234 g/mol. The van der Waals surface area contributed by atoms with E-state index >= 15 is 0 Å². The van der Waals surface area contributed by atoms with Gasteiger partial charge in [-0.2, -0.15) is 0 Å². The van der Waals surface area contributed by atoms with Crippen LogP contribution >= 0.6 is 11.3 Å². The van der Waals surface area contributed by atoms with Crippen molar-refractivity contribution in [2.45, 2.75) is 6.92 Å². The number of aromatic nitrogens is 3. The van der Waals surface area contributed by atoms with E-state index in [1.807, 2.05) is 31.2 Å². The van der Waals surface area contributed by atoms with Crippen molar-refractivity contribution in [3.05, 3.63) is 46.5 Å². The first-order valence-electron chi connectivity index (χ1n) is 5.15. The molecule has 0 aliphatic rings. The number of aromatic amines is 1. The normalized spacial score (nSPS) is 10.9. The number of H-pyrrole nitrogens is 1. The minimum absolute atomic E-state index is 0.190. The van der Waals surface area contributed by atoms with Crippen molar-refractivity contribution >= 4 is 21.7 Å². The van der Waals surface area contributed by atoms with Gasteiger partial charge >= 0.3 is 0 Å². The molecule has 0 fully saturated rings. The molecule has 5 heteroatoms. The van der Waals surface area contributed by atoms with Gasteiger partial charge in [0.15, 0.2) is 10.3 Å². The Hall–Kier alpha value is -2.01. The fourth-order valence-electron chi connectivity index (χ4n) is 1.67. The minimum atomic E-state index is -0.190. The molecule has 84 valence electrons. The van der Waals surface area contributed by atoms with Gasteiger partial charge in [-0.05, 0) is 13.0 Å². The molecule has 0 bridgehead atoms. The van der Waals surface area contributed by atoms with E-state index in [1.54, 1.807) is 0 Å². The molecule has 0 radical (unpaired) electrons. The fraction of sp³-hybridized carbons (Fsp3) is 0.0833. The summed E-state index contributed by atoms with van der Waals surface area (Å²) in [6.45, 7) is 2.03. The van der Waals surface area contributed by atoms with Crippen molar-refractivity contribution in [1.82, 2.24) is 15.0 Å². The van der Waals surface area contributed by atoms with Crippen LogP contribution in [-0.4, -0.2) is 15.0 Å². The van der Waals surface area contributed by atoms with Crippen LogP contribution in [-0.2, 0) is 0 Å². The van der Waals surface area contributed by atoms with Crippen molar-refractivity contribution in [2.75, 3.05) is 0 Å². The minimum Gasteiger partial charge on any atom is -0.311 e. The summed E-state index contributed by atoms with van der Waals surface area (Å²) >= 11 is 1.43. The summed E-state index contributed by atoms with van der Waals surface area (Å²) in [5.41, 5.74) is 2.41. The summed E-state index contributed by atoms with van der Waals surface area (Å²) in [6.07, 6.45) is 1.41. The van der Waals surface area contributed by atoms with Crippen molar-refractivity contribution in [1.29, 1.82) is 0 Å². The SMILES string of the molecule is Cc1cccc(-c2nc3c(=O)[nH]cnc3s2)c1. The lowest BCUT2D eigenvalue weighted by molar-refractivity contribution is 1.17. The van der Waals surface area contributed by atoms with Gasteiger partial charge in [0, 0.05) is 5.56 Å². The molecule has 2 aromatic heterocycles. The Kier molecular flexibility index (Phi) is 2.26. The molecule has 1 N–H and O–H groups in total. The number of nitrogens with one attached hydrogen (secondary N) is 1. The molecule has 0 aliphatic carbocycles. The highest BCUT2D eigenvalue weighted by atomic mass is 32.1.